The van der Waals surface area contributed by atoms with E-state index in [-0.39, 0.29) is 5.75 Å². The molecule has 0 saturated carbocycles. The van der Waals surface area contributed by atoms with Crippen LogP contribution in [0.5, 0.6) is 11.5 Å². The van der Waals surface area contributed by atoms with Crippen molar-refractivity contribution in [3.05, 3.63) is 48.5 Å². The highest BCUT2D eigenvalue weighted by Gasteiger charge is 2.17. The van der Waals surface area contributed by atoms with E-state index in [9.17, 15) is 8.42 Å². The average Bonchev–Trinajstić information content (AvgIpc) is 3.15. The number of thioether (sulfide) groups is 1. The van der Waals surface area contributed by atoms with Crippen molar-refractivity contribution in [3.63, 3.8) is 0 Å². The average molecular weight is 449 g/mol. The standard InChI is InChI=1S/C20H24N4O4S2/c1-3-28-17-10-8-16(9-11-17)24-19(15-6-4-7-18(14-15)27-2)22-23-20(24)29-12-5-13-30(21,25)26/h4,6-11,14H,3,5,12-13H2,1-2H3,(H2,21,25,26). The van der Waals surface area contributed by atoms with Crippen LogP contribution in [0.1, 0.15) is 13.3 Å². The van der Waals surface area contributed by atoms with Gasteiger partial charge in [0.1, 0.15) is 11.5 Å². The van der Waals surface area contributed by atoms with E-state index in [1.807, 2.05) is 60.0 Å². The zero-order chi connectivity index (χ0) is 21.6. The largest absolute Gasteiger partial charge is 0.497 e. The van der Waals surface area contributed by atoms with Crippen LogP contribution in [0.3, 0.4) is 0 Å². The molecule has 1 aromatic heterocycles. The van der Waals surface area contributed by atoms with Gasteiger partial charge in [0, 0.05) is 17.0 Å². The Hall–Kier alpha value is -2.56. The minimum absolute atomic E-state index is 0.0695. The van der Waals surface area contributed by atoms with Crippen molar-refractivity contribution < 1.29 is 17.9 Å². The van der Waals surface area contributed by atoms with E-state index >= 15 is 0 Å². The van der Waals surface area contributed by atoms with Crippen molar-refractivity contribution in [2.45, 2.75) is 18.5 Å². The van der Waals surface area contributed by atoms with Gasteiger partial charge in [0.15, 0.2) is 11.0 Å². The van der Waals surface area contributed by atoms with Gasteiger partial charge in [-0.1, -0.05) is 23.9 Å². The zero-order valence-corrected chi connectivity index (χ0v) is 18.4. The SMILES string of the molecule is CCOc1ccc(-n2c(SCCCS(N)(=O)=O)nnc2-c2cccc(OC)c2)cc1. The summed E-state index contributed by atoms with van der Waals surface area (Å²) in [6.07, 6.45) is 0.425. The second-order valence-electron chi connectivity index (χ2n) is 6.37. The van der Waals surface area contributed by atoms with E-state index in [1.54, 1.807) is 7.11 Å². The topological polar surface area (TPSA) is 109 Å². The fourth-order valence-electron chi connectivity index (χ4n) is 2.83. The smallest absolute Gasteiger partial charge is 0.209 e. The first-order valence-corrected chi connectivity index (χ1v) is 12.1. The zero-order valence-electron chi connectivity index (χ0n) is 16.8. The molecule has 0 aliphatic carbocycles. The highest BCUT2D eigenvalue weighted by molar-refractivity contribution is 7.99. The number of sulfonamides is 1. The summed E-state index contributed by atoms with van der Waals surface area (Å²) in [7, 11) is -1.87. The summed E-state index contributed by atoms with van der Waals surface area (Å²) < 4.78 is 35.2. The van der Waals surface area contributed by atoms with Crippen LogP contribution >= 0.6 is 11.8 Å². The molecule has 0 radical (unpaired) electrons. The Kier molecular flexibility index (Phi) is 7.35. The summed E-state index contributed by atoms with van der Waals surface area (Å²) in [5.74, 6) is 2.63. The molecule has 0 atom stereocenters. The van der Waals surface area contributed by atoms with Gasteiger partial charge in [0.05, 0.1) is 19.5 Å². The van der Waals surface area contributed by atoms with Gasteiger partial charge in [-0.2, -0.15) is 0 Å². The number of hydrogen-bond acceptors (Lipinski definition) is 7. The lowest BCUT2D eigenvalue weighted by Crippen LogP contribution is -2.16. The Morgan fingerprint density at radius 2 is 1.87 bits per heavy atom. The highest BCUT2D eigenvalue weighted by atomic mass is 32.2. The number of benzene rings is 2. The normalized spacial score (nSPS) is 11.4. The monoisotopic (exact) mass is 448 g/mol. The number of nitrogens with zero attached hydrogens (tertiary/aromatic N) is 3. The third-order valence-electron chi connectivity index (χ3n) is 4.17. The van der Waals surface area contributed by atoms with Crippen molar-refractivity contribution in [1.29, 1.82) is 0 Å². The summed E-state index contributed by atoms with van der Waals surface area (Å²) in [6, 6.07) is 15.2. The molecular formula is C20H24N4O4S2. The van der Waals surface area contributed by atoms with Gasteiger partial charge >= 0.3 is 0 Å². The molecule has 3 rings (SSSR count). The fraction of sp³-hybridized carbons (Fsp3) is 0.300. The maximum atomic E-state index is 11.2. The molecule has 0 saturated heterocycles. The molecule has 0 aliphatic rings. The molecule has 0 unspecified atom stereocenters. The molecule has 2 N–H and O–H groups in total. The first-order chi connectivity index (χ1) is 14.4. The van der Waals surface area contributed by atoms with E-state index in [0.29, 0.717) is 29.8 Å². The molecule has 0 amide bonds. The van der Waals surface area contributed by atoms with E-state index in [4.69, 9.17) is 14.6 Å². The second kappa shape index (κ2) is 9.96. The predicted octanol–water partition coefficient (Wildman–Crippen LogP) is 3.11. The first kappa shape index (κ1) is 22.1. The van der Waals surface area contributed by atoms with Crippen molar-refractivity contribution in [1.82, 2.24) is 14.8 Å². The fourth-order valence-corrected chi connectivity index (χ4v) is 4.45. The second-order valence-corrected chi connectivity index (χ2v) is 9.17. The van der Waals surface area contributed by atoms with Crippen LogP contribution in [0.25, 0.3) is 17.1 Å². The van der Waals surface area contributed by atoms with Crippen LogP contribution in [0.4, 0.5) is 0 Å². The minimum Gasteiger partial charge on any atom is -0.497 e. The number of nitrogens with two attached hydrogens (primary N) is 1. The van der Waals surface area contributed by atoms with Crippen LogP contribution < -0.4 is 14.6 Å². The quantitative estimate of drug-likeness (QED) is 0.375. The Bertz CT molecular complexity index is 1080. The van der Waals surface area contributed by atoms with E-state index in [0.717, 1.165) is 22.7 Å². The van der Waals surface area contributed by atoms with Gasteiger partial charge in [-0.3, -0.25) is 4.57 Å². The predicted molar refractivity (Wildman–Crippen MR) is 118 cm³/mol. The van der Waals surface area contributed by atoms with E-state index in [1.165, 1.54) is 11.8 Å². The van der Waals surface area contributed by atoms with Gasteiger partial charge in [-0.25, -0.2) is 13.6 Å². The van der Waals surface area contributed by atoms with E-state index in [2.05, 4.69) is 10.2 Å². The van der Waals surface area contributed by atoms with Crippen LogP contribution in [0, 0.1) is 0 Å². The Morgan fingerprint density at radius 1 is 1.10 bits per heavy atom. The van der Waals surface area contributed by atoms with Gasteiger partial charge in [-0.05, 0) is 49.7 Å². The number of aromatic nitrogens is 3. The first-order valence-electron chi connectivity index (χ1n) is 9.37. The molecule has 1 heterocycles. The molecule has 160 valence electrons. The van der Waals surface area contributed by atoms with Gasteiger partial charge in [0.25, 0.3) is 0 Å². The lowest BCUT2D eigenvalue weighted by Gasteiger charge is -2.12. The van der Waals surface area contributed by atoms with Crippen LogP contribution in [0.15, 0.2) is 53.7 Å². The molecule has 8 nitrogen and oxygen atoms in total. The third kappa shape index (κ3) is 5.74. The maximum Gasteiger partial charge on any atom is 0.209 e. The summed E-state index contributed by atoms with van der Waals surface area (Å²) in [5, 5.41) is 14.5. The van der Waals surface area contributed by atoms with Crippen molar-refractivity contribution in [2.24, 2.45) is 5.14 Å². The molecular weight excluding hydrogens is 424 g/mol. The number of rotatable bonds is 10. The van der Waals surface area contributed by atoms with Crippen molar-refractivity contribution in [3.8, 4) is 28.6 Å². The third-order valence-corrected chi connectivity index (χ3v) is 6.04. The summed E-state index contributed by atoms with van der Waals surface area (Å²) >= 11 is 1.43. The molecule has 0 fully saturated rings. The van der Waals surface area contributed by atoms with Crippen molar-refractivity contribution >= 4 is 21.8 Å². The summed E-state index contributed by atoms with van der Waals surface area (Å²) in [4.78, 5) is 0. The molecule has 10 heteroatoms. The molecule has 3 aromatic rings. The lowest BCUT2D eigenvalue weighted by atomic mass is 10.2. The van der Waals surface area contributed by atoms with E-state index < -0.39 is 10.0 Å². The van der Waals surface area contributed by atoms with Crippen LogP contribution in [-0.2, 0) is 10.0 Å². The highest BCUT2D eigenvalue weighted by Crippen LogP contribution is 2.30. The summed E-state index contributed by atoms with van der Waals surface area (Å²) in [5.41, 5.74) is 1.72. The lowest BCUT2D eigenvalue weighted by molar-refractivity contribution is 0.340. The number of ether oxygens (including phenoxy) is 2. The van der Waals surface area contributed by atoms with Crippen molar-refractivity contribution in [2.75, 3.05) is 25.2 Å². The summed E-state index contributed by atoms with van der Waals surface area (Å²) in [6.45, 7) is 2.52. The van der Waals surface area contributed by atoms with Crippen LogP contribution in [0.2, 0.25) is 0 Å². The number of hydrogen-bond donors (Lipinski definition) is 1. The molecule has 0 aliphatic heterocycles. The Labute approximate surface area is 180 Å². The molecule has 0 bridgehead atoms. The van der Waals surface area contributed by atoms with Gasteiger partial charge in [-0.15, -0.1) is 10.2 Å². The molecule has 2 aromatic carbocycles. The van der Waals surface area contributed by atoms with Crippen LogP contribution in [-0.4, -0.2) is 48.4 Å². The Morgan fingerprint density at radius 3 is 2.53 bits per heavy atom. The molecule has 0 spiro atoms. The van der Waals surface area contributed by atoms with Gasteiger partial charge < -0.3 is 9.47 Å². The maximum absolute atomic E-state index is 11.2. The number of primary sulfonamides is 1. The number of methoxy groups -OCH3 is 1. The van der Waals surface area contributed by atoms with Gasteiger partial charge in [0.2, 0.25) is 10.0 Å². The minimum atomic E-state index is -3.48. The Balaban J connectivity index is 1.95. The molecule has 30 heavy (non-hydrogen) atoms.